The second-order valence-corrected chi connectivity index (χ2v) is 3.56. The van der Waals surface area contributed by atoms with Gasteiger partial charge in [-0.05, 0) is 13.0 Å². The fraction of sp³-hybridized carbons (Fsp3) is 0.600. The minimum absolute atomic E-state index is 0.191. The molecule has 2 N–H and O–H groups in total. The molecule has 7 nitrogen and oxygen atoms in total. The summed E-state index contributed by atoms with van der Waals surface area (Å²) in [7, 11) is 0. The van der Waals surface area contributed by atoms with Gasteiger partial charge in [0.05, 0.1) is 13.2 Å². The van der Waals surface area contributed by atoms with Crippen LogP contribution in [-0.2, 0) is 14.2 Å². The Hall–Kier alpha value is -1.44. The fourth-order valence-electron chi connectivity index (χ4n) is 1.54. The molecular weight excluding hydrogens is 226 g/mol. The molecule has 0 aromatic carbocycles. The van der Waals surface area contributed by atoms with Crippen molar-refractivity contribution < 1.29 is 14.2 Å². The van der Waals surface area contributed by atoms with Crippen molar-refractivity contribution in [2.24, 2.45) is 0 Å². The topological polar surface area (TPSA) is 88.6 Å². The predicted molar refractivity (Wildman–Crippen MR) is 59.3 cm³/mol. The summed E-state index contributed by atoms with van der Waals surface area (Å²) in [5, 5.41) is 0. The van der Waals surface area contributed by atoms with E-state index in [4.69, 9.17) is 19.9 Å². The van der Waals surface area contributed by atoms with Crippen molar-refractivity contribution in [2.45, 2.75) is 19.4 Å². The normalized spacial score (nSPS) is 24.1. The Bertz CT molecular complexity index is 434. The number of hydrogen-bond acceptors (Lipinski definition) is 6. The third-order valence-corrected chi connectivity index (χ3v) is 2.35. The van der Waals surface area contributed by atoms with Crippen LogP contribution in [0.15, 0.2) is 17.1 Å². The first-order valence-corrected chi connectivity index (χ1v) is 5.40. The molecule has 1 aromatic rings. The van der Waals surface area contributed by atoms with E-state index in [-0.39, 0.29) is 5.82 Å². The van der Waals surface area contributed by atoms with E-state index in [0.29, 0.717) is 19.8 Å². The van der Waals surface area contributed by atoms with Gasteiger partial charge in [-0.25, -0.2) is 4.79 Å². The summed E-state index contributed by atoms with van der Waals surface area (Å²) in [6.45, 7) is 3.13. The number of anilines is 1. The van der Waals surface area contributed by atoms with E-state index in [1.165, 1.54) is 4.57 Å². The van der Waals surface area contributed by atoms with E-state index in [1.54, 1.807) is 12.3 Å². The highest BCUT2D eigenvalue weighted by molar-refractivity contribution is 5.23. The van der Waals surface area contributed by atoms with Crippen LogP contribution in [0.25, 0.3) is 0 Å². The zero-order chi connectivity index (χ0) is 12.3. The summed E-state index contributed by atoms with van der Waals surface area (Å²) in [5.74, 6) is 0.191. The molecule has 0 aliphatic carbocycles. The Morgan fingerprint density at radius 3 is 3.24 bits per heavy atom. The van der Waals surface area contributed by atoms with Crippen molar-refractivity contribution in [1.82, 2.24) is 9.55 Å². The largest absolute Gasteiger partial charge is 0.383 e. The molecule has 0 bridgehead atoms. The Balaban J connectivity index is 2.02. The minimum atomic E-state index is -0.471. The number of hydrogen-bond donors (Lipinski definition) is 1. The molecule has 2 rings (SSSR count). The monoisotopic (exact) mass is 241 g/mol. The predicted octanol–water partition coefficient (Wildman–Crippen LogP) is -0.267. The average molecular weight is 241 g/mol. The number of nitrogens with zero attached hydrogens (tertiary/aromatic N) is 2. The molecule has 2 atom stereocenters. The van der Waals surface area contributed by atoms with Gasteiger partial charge in [-0.2, -0.15) is 4.98 Å². The lowest BCUT2D eigenvalue weighted by Crippen LogP contribution is -2.28. The molecule has 0 unspecified atom stereocenters. The lowest BCUT2D eigenvalue weighted by Gasteiger charge is -2.13. The fourth-order valence-corrected chi connectivity index (χ4v) is 1.54. The van der Waals surface area contributed by atoms with Gasteiger partial charge in [-0.15, -0.1) is 0 Å². The van der Waals surface area contributed by atoms with Crippen LogP contribution in [0, 0.1) is 0 Å². The number of rotatable bonds is 4. The van der Waals surface area contributed by atoms with Gasteiger partial charge in [-0.1, -0.05) is 0 Å². The molecule has 1 aromatic heterocycles. The van der Waals surface area contributed by atoms with Gasteiger partial charge >= 0.3 is 5.69 Å². The van der Waals surface area contributed by atoms with E-state index >= 15 is 0 Å². The van der Waals surface area contributed by atoms with E-state index in [1.807, 2.05) is 6.92 Å². The molecule has 0 amide bonds. The Kier molecular flexibility index (Phi) is 3.72. The van der Waals surface area contributed by atoms with Gasteiger partial charge in [-0.3, -0.25) is 4.57 Å². The van der Waals surface area contributed by atoms with Crippen molar-refractivity contribution in [2.75, 3.05) is 25.6 Å². The average Bonchev–Trinajstić information content (AvgIpc) is 2.75. The Morgan fingerprint density at radius 2 is 2.53 bits per heavy atom. The van der Waals surface area contributed by atoms with Gasteiger partial charge in [0.2, 0.25) is 0 Å². The van der Waals surface area contributed by atoms with E-state index in [2.05, 4.69) is 4.98 Å². The highest BCUT2D eigenvalue weighted by Crippen LogP contribution is 2.19. The Labute approximate surface area is 98.1 Å². The molecule has 94 valence electrons. The van der Waals surface area contributed by atoms with Crippen molar-refractivity contribution in [3.63, 3.8) is 0 Å². The molecule has 2 heterocycles. The second kappa shape index (κ2) is 5.26. The molecule has 0 radical (unpaired) electrons. The summed E-state index contributed by atoms with van der Waals surface area (Å²) >= 11 is 0. The summed E-state index contributed by atoms with van der Waals surface area (Å²) < 4.78 is 17.4. The maximum absolute atomic E-state index is 11.6. The third-order valence-electron chi connectivity index (χ3n) is 2.35. The zero-order valence-corrected chi connectivity index (χ0v) is 9.54. The lowest BCUT2D eigenvalue weighted by molar-refractivity contribution is -0.113. The van der Waals surface area contributed by atoms with Gasteiger partial charge in [0, 0.05) is 12.8 Å². The molecule has 1 fully saturated rings. The van der Waals surface area contributed by atoms with Crippen LogP contribution < -0.4 is 11.4 Å². The number of nitrogens with two attached hydrogens (primary N) is 1. The summed E-state index contributed by atoms with van der Waals surface area (Å²) in [5.41, 5.74) is 4.95. The van der Waals surface area contributed by atoms with Crippen LogP contribution in [-0.4, -0.2) is 35.7 Å². The van der Waals surface area contributed by atoms with Crippen LogP contribution in [0.3, 0.4) is 0 Å². The molecule has 1 aliphatic rings. The van der Waals surface area contributed by atoms with Crippen LogP contribution >= 0.6 is 0 Å². The van der Waals surface area contributed by atoms with E-state index < -0.39 is 18.2 Å². The molecule has 7 heteroatoms. The van der Waals surface area contributed by atoms with Gasteiger partial charge < -0.3 is 19.9 Å². The molecule has 0 spiro atoms. The Morgan fingerprint density at radius 1 is 1.71 bits per heavy atom. The minimum Gasteiger partial charge on any atom is -0.383 e. The number of aromatic nitrogens is 2. The first-order chi connectivity index (χ1) is 8.20. The highest BCUT2D eigenvalue weighted by atomic mass is 16.7. The molecular formula is C10H15N3O4. The lowest BCUT2D eigenvalue weighted by atomic mass is 10.5. The third kappa shape index (κ3) is 2.82. The SMILES string of the molecule is CCOC[C@H]1OC[C@@H](n2ccc(N)nc2=O)O1. The summed E-state index contributed by atoms with van der Waals surface area (Å²) in [6, 6.07) is 1.54. The van der Waals surface area contributed by atoms with Crippen LogP contribution in [0.5, 0.6) is 0 Å². The first-order valence-electron chi connectivity index (χ1n) is 5.40. The number of nitrogen functional groups attached to an aromatic ring is 1. The molecule has 0 saturated carbocycles. The van der Waals surface area contributed by atoms with Crippen LogP contribution in [0.2, 0.25) is 0 Å². The quantitative estimate of drug-likeness (QED) is 0.780. The highest BCUT2D eigenvalue weighted by Gasteiger charge is 2.28. The first kappa shape index (κ1) is 12.0. The van der Waals surface area contributed by atoms with Crippen molar-refractivity contribution in [3.8, 4) is 0 Å². The van der Waals surface area contributed by atoms with E-state index in [9.17, 15) is 4.79 Å². The summed E-state index contributed by atoms with van der Waals surface area (Å²) in [6.07, 6.45) is 0.632. The maximum Gasteiger partial charge on any atom is 0.351 e. The second-order valence-electron chi connectivity index (χ2n) is 3.56. The van der Waals surface area contributed by atoms with Crippen molar-refractivity contribution >= 4 is 5.82 Å². The molecule has 1 saturated heterocycles. The van der Waals surface area contributed by atoms with Gasteiger partial charge in [0.1, 0.15) is 5.82 Å². The van der Waals surface area contributed by atoms with Crippen molar-refractivity contribution in [3.05, 3.63) is 22.7 Å². The summed E-state index contributed by atoms with van der Waals surface area (Å²) in [4.78, 5) is 15.2. The standard InChI is InChI=1S/C10H15N3O4/c1-2-15-6-9-16-5-8(17-9)13-4-3-7(11)12-10(13)14/h3-4,8-9H,2,5-6H2,1H3,(H2,11,12,14)/t8-,9-/m0/s1. The smallest absolute Gasteiger partial charge is 0.351 e. The molecule has 17 heavy (non-hydrogen) atoms. The van der Waals surface area contributed by atoms with Gasteiger partial charge in [0.15, 0.2) is 12.5 Å². The number of ether oxygens (including phenoxy) is 3. The van der Waals surface area contributed by atoms with E-state index in [0.717, 1.165) is 0 Å². The van der Waals surface area contributed by atoms with Crippen molar-refractivity contribution in [1.29, 1.82) is 0 Å². The van der Waals surface area contributed by atoms with Crippen LogP contribution in [0.4, 0.5) is 5.82 Å². The zero-order valence-electron chi connectivity index (χ0n) is 9.54. The maximum atomic E-state index is 11.6. The van der Waals surface area contributed by atoms with Gasteiger partial charge in [0.25, 0.3) is 0 Å². The molecule has 1 aliphatic heterocycles. The van der Waals surface area contributed by atoms with Crippen LogP contribution in [0.1, 0.15) is 13.2 Å².